The fourth-order valence-corrected chi connectivity index (χ4v) is 8.67. The number of hydrogen-bond donors (Lipinski definition) is 1. The number of carbonyl (C=O) groups excluding carboxylic acids is 1. The van der Waals surface area contributed by atoms with Gasteiger partial charge in [0.25, 0.3) is 5.91 Å². The summed E-state index contributed by atoms with van der Waals surface area (Å²) < 4.78 is 34.0. The van der Waals surface area contributed by atoms with Crippen LogP contribution in [-0.4, -0.2) is 70.3 Å². The summed E-state index contributed by atoms with van der Waals surface area (Å²) >= 11 is 0. The molecule has 1 saturated heterocycles. The minimum Gasteiger partial charge on any atom is -0.494 e. The number of likely N-dealkylation sites (tertiary alicyclic amines) is 1. The molecule has 2 N–H and O–H groups in total. The lowest BCUT2D eigenvalue weighted by Gasteiger charge is -2.27. The Morgan fingerprint density at radius 1 is 1.04 bits per heavy atom. The van der Waals surface area contributed by atoms with E-state index in [0.717, 1.165) is 69.8 Å². The van der Waals surface area contributed by atoms with Crippen LogP contribution in [0.2, 0.25) is 0 Å². The van der Waals surface area contributed by atoms with Gasteiger partial charge in [-0.15, -0.1) is 0 Å². The van der Waals surface area contributed by atoms with Crippen molar-refractivity contribution in [3.05, 3.63) is 65.2 Å². The molecule has 10 nitrogen and oxygen atoms in total. The molecule has 3 aromatic heterocycles. The monoisotopic (exact) mass is 652 g/mol. The van der Waals surface area contributed by atoms with Gasteiger partial charge < -0.3 is 24.5 Å². The van der Waals surface area contributed by atoms with Gasteiger partial charge in [-0.2, -0.15) is 0 Å². The van der Waals surface area contributed by atoms with Gasteiger partial charge in [-0.1, -0.05) is 12.1 Å². The summed E-state index contributed by atoms with van der Waals surface area (Å²) in [6.07, 6.45) is 5.67. The molecule has 3 atom stereocenters. The normalized spacial score (nSPS) is 21.0. The van der Waals surface area contributed by atoms with E-state index in [1.807, 2.05) is 55.3 Å². The van der Waals surface area contributed by atoms with Gasteiger partial charge in [0.2, 0.25) is 0 Å². The van der Waals surface area contributed by atoms with Crippen LogP contribution in [0.3, 0.4) is 0 Å². The molecule has 2 unspecified atom stereocenters. The molecule has 0 radical (unpaired) electrons. The highest BCUT2D eigenvalue weighted by Gasteiger charge is 2.47. The maximum Gasteiger partial charge on any atom is 0.254 e. The van der Waals surface area contributed by atoms with E-state index in [2.05, 4.69) is 21.3 Å². The van der Waals surface area contributed by atoms with Crippen molar-refractivity contribution in [1.29, 1.82) is 0 Å². The highest BCUT2D eigenvalue weighted by atomic mass is 32.2. The Hall–Kier alpha value is -4.22. The first-order valence-corrected chi connectivity index (χ1v) is 18.4. The molecule has 11 heteroatoms. The first kappa shape index (κ1) is 30.1. The number of piperidine rings is 1. The Balaban J connectivity index is 1.21. The zero-order valence-electron chi connectivity index (χ0n) is 27.2. The molecule has 2 bridgehead atoms. The highest BCUT2D eigenvalue weighted by molar-refractivity contribution is 7.89. The number of pyridine rings is 1. The quantitative estimate of drug-likeness (QED) is 0.248. The SMILES string of the molecule is COc1cc(C(=O)N2CC3CCC2[C@@H]3N)cc2nc(-c3cc4ccc(-c5ccc(CS(C)(=O)=O)c(C)c5)nc4n3CC3CC3)n(C)c12. The van der Waals surface area contributed by atoms with Crippen molar-refractivity contribution in [2.24, 2.45) is 24.6 Å². The van der Waals surface area contributed by atoms with E-state index in [9.17, 15) is 13.2 Å². The van der Waals surface area contributed by atoms with Crippen LogP contribution in [-0.2, 0) is 29.2 Å². The van der Waals surface area contributed by atoms with E-state index in [1.165, 1.54) is 19.1 Å². The van der Waals surface area contributed by atoms with Crippen molar-refractivity contribution in [2.45, 2.75) is 57.0 Å². The summed E-state index contributed by atoms with van der Waals surface area (Å²) in [7, 11) is 0.494. The van der Waals surface area contributed by atoms with Crippen LogP contribution < -0.4 is 10.5 Å². The van der Waals surface area contributed by atoms with Gasteiger partial charge in [0.1, 0.15) is 16.9 Å². The molecule has 47 heavy (non-hydrogen) atoms. The fraction of sp³-hybridized carbons (Fsp3) is 0.417. The third-order valence-corrected chi connectivity index (χ3v) is 11.3. The smallest absolute Gasteiger partial charge is 0.254 e. The summed E-state index contributed by atoms with van der Waals surface area (Å²) in [4.78, 5) is 26.0. The van der Waals surface area contributed by atoms with Crippen LogP contribution in [0.4, 0.5) is 0 Å². The van der Waals surface area contributed by atoms with Crippen molar-refractivity contribution >= 4 is 37.8 Å². The second kappa shape index (κ2) is 10.9. The predicted octanol–water partition coefficient (Wildman–Crippen LogP) is 5.09. The number of nitrogens with two attached hydrogens (primary N) is 1. The predicted molar refractivity (Wildman–Crippen MR) is 183 cm³/mol. The van der Waals surface area contributed by atoms with Crippen molar-refractivity contribution in [3.8, 4) is 28.5 Å². The minimum atomic E-state index is -3.13. The molecule has 2 aromatic carbocycles. The lowest BCUT2D eigenvalue weighted by atomic mass is 10.0. The molecule has 2 aliphatic carbocycles. The first-order valence-electron chi connectivity index (χ1n) is 16.4. The van der Waals surface area contributed by atoms with Gasteiger partial charge in [0, 0.05) is 55.0 Å². The summed E-state index contributed by atoms with van der Waals surface area (Å²) in [5.74, 6) is 2.36. The number of benzene rings is 2. The van der Waals surface area contributed by atoms with Gasteiger partial charge in [-0.25, -0.2) is 18.4 Å². The Bertz CT molecular complexity index is 2200. The van der Waals surface area contributed by atoms with Crippen molar-refractivity contribution in [1.82, 2.24) is 24.0 Å². The van der Waals surface area contributed by atoms with E-state index in [1.54, 1.807) is 7.11 Å². The van der Waals surface area contributed by atoms with Gasteiger partial charge in [-0.3, -0.25) is 4.79 Å². The van der Waals surface area contributed by atoms with E-state index in [0.29, 0.717) is 35.2 Å². The third kappa shape index (κ3) is 5.20. The van der Waals surface area contributed by atoms with Crippen LogP contribution in [0, 0.1) is 18.8 Å². The summed E-state index contributed by atoms with van der Waals surface area (Å²) in [6.45, 7) is 3.49. The van der Waals surface area contributed by atoms with Gasteiger partial charge in [0.15, 0.2) is 15.7 Å². The van der Waals surface area contributed by atoms with Gasteiger partial charge in [-0.05, 0) is 92.0 Å². The van der Waals surface area contributed by atoms with Crippen LogP contribution >= 0.6 is 0 Å². The number of rotatable bonds is 8. The number of aromatic nitrogens is 4. The molecule has 244 valence electrons. The summed E-state index contributed by atoms with van der Waals surface area (Å²) in [5, 5.41) is 1.02. The zero-order valence-corrected chi connectivity index (χ0v) is 28.0. The molecular formula is C36H40N6O4S. The summed E-state index contributed by atoms with van der Waals surface area (Å²) in [6, 6.07) is 16.0. The number of carbonyl (C=O) groups is 1. The van der Waals surface area contributed by atoms with Crippen molar-refractivity contribution < 1.29 is 17.9 Å². The second-order valence-corrected chi connectivity index (χ2v) is 16.0. The average Bonchev–Trinajstić information content (AvgIpc) is 3.44. The van der Waals surface area contributed by atoms with Gasteiger partial charge >= 0.3 is 0 Å². The molecule has 8 rings (SSSR count). The van der Waals surface area contributed by atoms with E-state index in [4.69, 9.17) is 20.4 Å². The Morgan fingerprint density at radius 2 is 1.85 bits per heavy atom. The first-order chi connectivity index (χ1) is 22.5. The van der Waals surface area contributed by atoms with Crippen LogP contribution in [0.1, 0.15) is 47.2 Å². The summed E-state index contributed by atoms with van der Waals surface area (Å²) in [5.41, 5.74) is 13.9. The Labute approximate surface area is 274 Å². The number of aryl methyl sites for hydroxylation is 2. The lowest BCUT2D eigenvalue weighted by Crippen LogP contribution is -2.41. The minimum absolute atomic E-state index is 0.0146. The molecule has 3 fully saturated rings. The van der Waals surface area contributed by atoms with E-state index < -0.39 is 9.84 Å². The third-order valence-electron chi connectivity index (χ3n) is 10.5. The number of amides is 1. The zero-order chi connectivity index (χ0) is 32.8. The number of hydrogen-bond acceptors (Lipinski definition) is 7. The number of nitrogens with zero attached hydrogens (tertiary/aromatic N) is 5. The maximum absolute atomic E-state index is 13.7. The fourth-order valence-electron chi connectivity index (χ4n) is 7.78. The highest BCUT2D eigenvalue weighted by Crippen LogP contribution is 2.40. The number of sulfone groups is 1. The van der Waals surface area contributed by atoms with Crippen LogP contribution in [0.15, 0.2) is 48.5 Å². The molecule has 1 aliphatic heterocycles. The second-order valence-electron chi connectivity index (χ2n) is 13.9. The molecule has 2 saturated carbocycles. The molecule has 0 spiro atoms. The Kier molecular flexibility index (Phi) is 7.00. The van der Waals surface area contributed by atoms with Gasteiger partial charge in [0.05, 0.1) is 29.8 Å². The number of methoxy groups -OCH3 is 1. The maximum atomic E-state index is 13.7. The molecule has 1 amide bonds. The number of fused-ring (bicyclic) bond motifs is 4. The van der Waals surface area contributed by atoms with E-state index >= 15 is 0 Å². The number of ether oxygens (including phenoxy) is 1. The lowest BCUT2D eigenvalue weighted by molar-refractivity contribution is 0.0700. The Morgan fingerprint density at radius 3 is 2.51 bits per heavy atom. The van der Waals surface area contributed by atoms with Crippen molar-refractivity contribution in [3.63, 3.8) is 0 Å². The largest absolute Gasteiger partial charge is 0.494 e. The standard InChI is InChI=1S/C36H40N6O4S/c1-20-13-22(7-8-25(20)19-47(4,44)45)27-11-9-23-15-30(41(34(23)38-27)17-21-5-6-21)35-39-28-14-26(16-31(46-3)33(28)40(35)2)36(43)42-18-24-10-12-29(42)32(24)37/h7-9,11,13-16,21,24,29,32H,5-6,10,12,17-19,37H2,1-4H3/t24?,29?,32-/m1/s1. The molecule has 3 aliphatic rings. The average molecular weight is 653 g/mol. The topological polar surface area (TPSA) is 125 Å². The molecular weight excluding hydrogens is 613 g/mol. The van der Waals surface area contributed by atoms with E-state index in [-0.39, 0.29) is 23.7 Å². The molecule has 5 aromatic rings. The number of imidazole rings is 1. The van der Waals surface area contributed by atoms with Crippen LogP contribution in [0.5, 0.6) is 5.75 Å². The molecule has 4 heterocycles. The van der Waals surface area contributed by atoms with Crippen LogP contribution in [0.25, 0.3) is 44.8 Å². The van der Waals surface area contributed by atoms with Crippen molar-refractivity contribution in [2.75, 3.05) is 19.9 Å².